The molecule has 124 valence electrons. The number of amides is 2. The number of fused-ring (bicyclic) bond motifs is 1. The van der Waals surface area contributed by atoms with Gasteiger partial charge in [-0.05, 0) is 46.5 Å². The summed E-state index contributed by atoms with van der Waals surface area (Å²) in [5.74, 6) is -0.603. The van der Waals surface area contributed by atoms with Crippen LogP contribution in [-0.4, -0.2) is 53.7 Å². The van der Waals surface area contributed by atoms with Crippen LogP contribution in [0.5, 0.6) is 0 Å². The van der Waals surface area contributed by atoms with Crippen molar-refractivity contribution < 1.29 is 23.9 Å². The van der Waals surface area contributed by atoms with Crippen LogP contribution < -0.4 is 5.32 Å². The van der Waals surface area contributed by atoms with Crippen LogP contribution in [0.2, 0.25) is 0 Å². The molecule has 7 nitrogen and oxygen atoms in total. The van der Waals surface area contributed by atoms with Crippen LogP contribution in [0.25, 0.3) is 0 Å². The summed E-state index contributed by atoms with van der Waals surface area (Å²) in [6.07, 6.45) is 1.66. The fourth-order valence-corrected chi connectivity index (χ4v) is 3.24. The highest BCUT2D eigenvalue weighted by Gasteiger charge is 2.55. The molecule has 2 fully saturated rings. The third kappa shape index (κ3) is 3.03. The van der Waals surface area contributed by atoms with E-state index in [4.69, 9.17) is 9.47 Å². The monoisotopic (exact) mass is 312 g/mol. The van der Waals surface area contributed by atoms with E-state index in [9.17, 15) is 14.4 Å². The van der Waals surface area contributed by atoms with Crippen molar-refractivity contribution in [2.45, 2.75) is 63.6 Å². The second kappa shape index (κ2) is 5.78. The van der Waals surface area contributed by atoms with Gasteiger partial charge in [-0.2, -0.15) is 0 Å². The molecule has 22 heavy (non-hydrogen) atoms. The van der Waals surface area contributed by atoms with Gasteiger partial charge >= 0.3 is 12.1 Å². The second-order valence-corrected chi connectivity index (χ2v) is 6.85. The number of ether oxygens (including phenoxy) is 2. The van der Waals surface area contributed by atoms with Crippen LogP contribution in [-0.2, 0) is 19.1 Å². The summed E-state index contributed by atoms with van der Waals surface area (Å²) in [6, 6.07) is -0.647. The number of alkyl carbamates (subject to hydrolysis) is 1. The largest absolute Gasteiger partial charge is 0.467 e. The summed E-state index contributed by atoms with van der Waals surface area (Å²) in [4.78, 5) is 38.1. The Morgan fingerprint density at radius 2 is 2.00 bits per heavy atom. The third-order valence-corrected chi connectivity index (χ3v) is 4.16. The Balaban J connectivity index is 2.07. The maximum absolute atomic E-state index is 12.6. The van der Waals surface area contributed by atoms with Gasteiger partial charge in [-0.3, -0.25) is 4.79 Å². The Hall–Kier alpha value is -1.79. The molecule has 0 aromatic rings. The zero-order valence-corrected chi connectivity index (χ0v) is 13.6. The summed E-state index contributed by atoms with van der Waals surface area (Å²) in [5.41, 5.74) is -1.47. The molecule has 2 aliphatic rings. The molecule has 0 unspecified atom stereocenters. The molecule has 7 heteroatoms. The van der Waals surface area contributed by atoms with Crippen LogP contribution in [0.15, 0.2) is 0 Å². The van der Waals surface area contributed by atoms with E-state index in [-0.39, 0.29) is 11.9 Å². The summed E-state index contributed by atoms with van der Waals surface area (Å²) >= 11 is 0. The van der Waals surface area contributed by atoms with Crippen LogP contribution in [0, 0.1) is 0 Å². The first kappa shape index (κ1) is 16.6. The molecular formula is C15H24N2O5. The number of methoxy groups -OCH3 is 1. The van der Waals surface area contributed by atoms with E-state index in [2.05, 4.69) is 5.32 Å². The van der Waals surface area contributed by atoms with E-state index in [0.717, 1.165) is 6.42 Å². The molecule has 2 heterocycles. The quantitative estimate of drug-likeness (QED) is 0.775. The smallest absolute Gasteiger partial charge is 0.408 e. The summed E-state index contributed by atoms with van der Waals surface area (Å²) in [7, 11) is 1.34. The highest BCUT2D eigenvalue weighted by molar-refractivity contribution is 5.94. The number of rotatable bonds is 2. The lowest BCUT2D eigenvalue weighted by Crippen LogP contribution is -2.63. The van der Waals surface area contributed by atoms with Gasteiger partial charge in [0.1, 0.15) is 17.2 Å². The number of piperidine rings is 1. The number of nitrogens with one attached hydrogen (secondary N) is 1. The SMILES string of the molecule is COC(=O)[C@]12CCCN1C(=O)[C@@H](NC(=O)OC(C)(C)C)CC2. The molecule has 0 radical (unpaired) electrons. The molecule has 2 rings (SSSR count). The first-order chi connectivity index (χ1) is 10.2. The lowest BCUT2D eigenvalue weighted by atomic mass is 9.84. The summed E-state index contributed by atoms with van der Waals surface area (Å²) < 4.78 is 10.1. The average Bonchev–Trinajstić information content (AvgIpc) is 2.85. The van der Waals surface area contributed by atoms with Crippen molar-refractivity contribution in [1.29, 1.82) is 0 Å². The maximum atomic E-state index is 12.6. The van der Waals surface area contributed by atoms with Crippen molar-refractivity contribution in [3.63, 3.8) is 0 Å². The van der Waals surface area contributed by atoms with Gasteiger partial charge in [0.25, 0.3) is 0 Å². The van der Waals surface area contributed by atoms with E-state index < -0.39 is 23.3 Å². The molecule has 2 atom stereocenters. The topological polar surface area (TPSA) is 84.9 Å². The van der Waals surface area contributed by atoms with Crippen molar-refractivity contribution in [1.82, 2.24) is 10.2 Å². The van der Waals surface area contributed by atoms with Gasteiger partial charge in [-0.25, -0.2) is 9.59 Å². The summed E-state index contributed by atoms with van der Waals surface area (Å²) in [5, 5.41) is 2.61. The Kier molecular flexibility index (Phi) is 4.35. The zero-order chi connectivity index (χ0) is 16.5. The molecule has 2 saturated heterocycles. The summed E-state index contributed by atoms with van der Waals surface area (Å²) in [6.45, 7) is 5.80. The maximum Gasteiger partial charge on any atom is 0.408 e. The van der Waals surface area contributed by atoms with Crippen molar-refractivity contribution in [3.05, 3.63) is 0 Å². The Morgan fingerprint density at radius 1 is 1.32 bits per heavy atom. The molecule has 2 aliphatic heterocycles. The van der Waals surface area contributed by atoms with Gasteiger partial charge in [0.2, 0.25) is 5.91 Å². The highest BCUT2D eigenvalue weighted by Crippen LogP contribution is 2.39. The van der Waals surface area contributed by atoms with Crippen molar-refractivity contribution in [2.24, 2.45) is 0 Å². The van der Waals surface area contributed by atoms with E-state index in [1.54, 1.807) is 25.7 Å². The minimum absolute atomic E-state index is 0.236. The second-order valence-electron chi connectivity index (χ2n) is 6.85. The number of nitrogens with zero attached hydrogens (tertiary/aromatic N) is 1. The predicted molar refractivity (Wildman–Crippen MR) is 78.1 cm³/mol. The van der Waals surface area contributed by atoms with E-state index in [1.807, 2.05) is 0 Å². The normalized spacial score (nSPS) is 28.1. The molecule has 0 aromatic carbocycles. The van der Waals surface area contributed by atoms with E-state index in [0.29, 0.717) is 25.8 Å². The molecule has 0 bridgehead atoms. The Morgan fingerprint density at radius 3 is 2.59 bits per heavy atom. The number of carbonyl (C=O) groups is 3. The fraction of sp³-hybridized carbons (Fsp3) is 0.800. The molecule has 0 saturated carbocycles. The predicted octanol–water partition coefficient (Wildman–Crippen LogP) is 1.21. The van der Waals surface area contributed by atoms with Gasteiger partial charge in [-0.15, -0.1) is 0 Å². The first-order valence-corrected chi connectivity index (χ1v) is 7.59. The van der Waals surface area contributed by atoms with Gasteiger partial charge in [0.15, 0.2) is 0 Å². The standard InChI is InChI=1S/C15H24N2O5/c1-14(2,3)22-13(20)16-10-6-8-15(12(19)21-4)7-5-9-17(15)11(10)18/h10H,5-9H2,1-4H3,(H,16,20)/t10-,15+/m0/s1. The number of hydrogen-bond acceptors (Lipinski definition) is 5. The fourth-order valence-electron chi connectivity index (χ4n) is 3.24. The van der Waals surface area contributed by atoms with Gasteiger partial charge in [0.05, 0.1) is 7.11 Å². The Bertz CT molecular complexity index is 485. The number of esters is 1. The van der Waals surface area contributed by atoms with Gasteiger partial charge < -0.3 is 19.7 Å². The minimum atomic E-state index is -0.849. The number of carbonyl (C=O) groups excluding carboxylic acids is 3. The van der Waals surface area contributed by atoms with Crippen LogP contribution in [0.4, 0.5) is 4.79 Å². The lowest BCUT2D eigenvalue weighted by molar-refractivity contribution is -0.164. The van der Waals surface area contributed by atoms with Crippen LogP contribution in [0.3, 0.4) is 0 Å². The van der Waals surface area contributed by atoms with Crippen LogP contribution >= 0.6 is 0 Å². The molecule has 2 amide bonds. The average molecular weight is 312 g/mol. The molecule has 0 aliphatic carbocycles. The van der Waals surface area contributed by atoms with E-state index in [1.165, 1.54) is 7.11 Å². The first-order valence-electron chi connectivity index (χ1n) is 7.59. The Labute approximate surface area is 130 Å². The number of hydrogen-bond donors (Lipinski definition) is 1. The van der Waals surface area contributed by atoms with Gasteiger partial charge in [-0.1, -0.05) is 0 Å². The van der Waals surface area contributed by atoms with Crippen molar-refractivity contribution in [3.8, 4) is 0 Å². The highest BCUT2D eigenvalue weighted by atomic mass is 16.6. The van der Waals surface area contributed by atoms with Crippen molar-refractivity contribution in [2.75, 3.05) is 13.7 Å². The van der Waals surface area contributed by atoms with Crippen LogP contribution in [0.1, 0.15) is 46.5 Å². The molecule has 0 aromatic heterocycles. The van der Waals surface area contributed by atoms with Gasteiger partial charge in [0, 0.05) is 6.54 Å². The third-order valence-electron chi connectivity index (χ3n) is 4.16. The van der Waals surface area contributed by atoms with Crippen molar-refractivity contribution >= 4 is 18.0 Å². The lowest BCUT2D eigenvalue weighted by Gasteiger charge is -2.42. The molecule has 0 spiro atoms. The van der Waals surface area contributed by atoms with E-state index >= 15 is 0 Å². The minimum Gasteiger partial charge on any atom is -0.467 e. The molecular weight excluding hydrogens is 288 g/mol. The molecule has 1 N–H and O–H groups in total. The zero-order valence-electron chi connectivity index (χ0n) is 13.6.